The zero-order valence-corrected chi connectivity index (χ0v) is 8.44. The zero-order chi connectivity index (χ0) is 9.97. The fraction of sp³-hybridized carbons (Fsp3) is 0.167. The highest BCUT2D eigenvalue weighted by Crippen LogP contribution is 2.17. The summed E-state index contributed by atoms with van der Waals surface area (Å²) in [6, 6.07) is 8.33. The Morgan fingerprint density at radius 3 is 2.43 bits per heavy atom. The second-order valence-electron chi connectivity index (χ2n) is 3.44. The molecule has 0 bridgehead atoms. The molecule has 0 fully saturated rings. The molecule has 0 spiro atoms. The highest BCUT2D eigenvalue weighted by Gasteiger charge is 1.99. The van der Waals surface area contributed by atoms with Crippen LogP contribution in [-0.4, -0.2) is 4.98 Å². The molecule has 2 aromatic heterocycles. The number of rotatable bonds is 1. The first-order valence-corrected chi connectivity index (χ1v) is 4.64. The third-order valence-electron chi connectivity index (χ3n) is 2.21. The van der Waals surface area contributed by atoms with Gasteiger partial charge in [0, 0.05) is 24.0 Å². The van der Waals surface area contributed by atoms with Gasteiger partial charge in [0.25, 0.3) is 0 Å². The molecule has 0 saturated carbocycles. The Kier molecular flexibility index (Phi) is 2.27. The van der Waals surface area contributed by atoms with Gasteiger partial charge < -0.3 is 0 Å². The second-order valence-corrected chi connectivity index (χ2v) is 3.44. The molecule has 2 heteroatoms. The van der Waals surface area contributed by atoms with Crippen LogP contribution in [0.4, 0.5) is 0 Å². The molecule has 0 unspecified atom stereocenters. The maximum atomic E-state index is 4.18. The van der Waals surface area contributed by atoms with Gasteiger partial charge in [0.05, 0.1) is 0 Å². The van der Waals surface area contributed by atoms with E-state index in [4.69, 9.17) is 0 Å². The van der Waals surface area contributed by atoms with E-state index in [0.717, 1.165) is 5.69 Å². The van der Waals surface area contributed by atoms with E-state index in [0.29, 0.717) is 0 Å². The molecule has 0 atom stereocenters. The van der Waals surface area contributed by atoms with E-state index in [1.54, 1.807) is 0 Å². The molecular weight excluding hydrogens is 172 g/mol. The van der Waals surface area contributed by atoms with Gasteiger partial charge in [0.1, 0.15) is 7.05 Å². The summed E-state index contributed by atoms with van der Waals surface area (Å²) in [5, 5.41) is 0. The van der Waals surface area contributed by atoms with Crippen molar-refractivity contribution < 1.29 is 4.57 Å². The van der Waals surface area contributed by atoms with Crippen LogP contribution in [0.2, 0.25) is 0 Å². The van der Waals surface area contributed by atoms with Crippen LogP contribution in [0.15, 0.2) is 42.9 Å². The summed E-state index contributed by atoms with van der Waals surface area (Å²) in [5.41, 5.74) is 3.50. The van der Waals surface area contributed by atoms with Crippen molar-refractivity contribution in [3.05, 3.63) is 48.5 Å². The van der Waals surface area contributed by atoms with Crippen molar-refractivity contribution in [3.8, 4) is 11.1 Å². The van der Waals surface area contributed by atoms with Gasteiger partial charge >= 0.3 is 0 Å². The van der Waals surface area contributed by atoms with E-state index in [1.807, 2.05) is 43.2 Å². The average Bonchev–Trinajstić information content (AvgIpc) is 2.19. The molecule has 0 aliphatic rings. The highest BCUT2D eigenvalue weighted by molar-refractivity contribution is 5.62. The van der Waals surface area contributed by atoms with Gasteiger partial charge in [-0.1, -0.05) is 0 Å². The van der Waals surface area contributed by atoms with Crippen molar-refractivity contribution in [1.29, 1.82) is 0 Å². The summed E-state index contributed by atoms with van der Waals surface area (Å²) in [5.74, 6) is 0. The van der Waals surface area contributed by atoms with Crippen molar-refractivity contribution in [2.75, 3.05) is 0 Å². The Morgan fingerprint density at radius 1 is 1.07 bits per heavy atom. The first kappa shape index (κ1) is 8.88. The molecule has 0 radical (unpaired) electrons. The van der Waals surface area contributed by atoms with Crippen LogP contribution in [0.1, 0.15) is 5.69 Å². The predicted molar refractivity (Wildman–Crippen MR) is 55.6 cm³/mol. The fourth-order valence-electron chi connectivity index (χ4n) is 1.42. The Labute approximate surface area is 83.9 Å². The quantitative estimate of drug-likeness (QED) is 0.620. The van der Waals surface area contributed by atoms with Crippen LogP contribution in [0.5, 0.6) is 0 Å². The van der Waals surface area contributed by atoms with E-state index >= 15 is 0 Å². The van der Waals surface area contributed by atoms with Crippen LogP contribution in [0.25, 0.3) is 11.1 Å². The Hall–Kier alpha value is -1.70. The van der Waals surface area contributed by atoms with E-state index in [2.05, 4.69) is 23.2 Å². The minimum absolute atomic E-state index is 1.05. The Morgan fingerprint density at radius 2 is 1.79 bits per heavy atom. The molecule has 14 heavy (non-hydrogen) atoms. The molecule has 0 amide bonds. The van der Waals surface area contributed by atoms with Crippen molar-refractivity contribution in [2.45, 2.75) is 6.92 Å². The average molecular weight is 185 g/mol. The van der Waals surface area contributed by atoms with Crippen LogP contribution in [0, 0.1) is 6.92 Å². The van der Waals surface area contributed by atoms with Crippen LogP contribution >= 0.6 is 0 Å². The lowest BCUT2D eigenvalue weighted by Crippen LogP contribution is -2.25. The van der Waals surface area contributed by atoms with E-state index < -0.39 is 0 Å². The monoisotopic (exact) mass is 185 g/mol. The van der Waals surface area contributed by atoms with Crippen LogP contribution < -0.4 is 4.57 Å². The maximum Gasteiger partial charge on any atom is 0.169 e. The largest absolute Gasteiger partial charge is 0.262 e. The third-order valence-corrected chi connectivity index (χ3v) is 2.21. The van der Waals surface area contributed by atoms with Crippen LogP contribution in [-0.2, 0) is 7.05 Å². The number of pyridine rings is 2. The fourth-order valence-corrected chi connectivity index (χ4v) is 1.42. The number of aryl methyl sites for hydroxylation is 2. The summed E-state index contributed by atoms with van der Waals surface area (Å²) in [6.07, 6.45) is 5.94. The van der Waals surface area contributed by atoms with Crippen molar-refractivity contribution in [1.82, 2.24) is 4.98 Å². The van der Waals surface area contributed by atoms with Gasteiger partial charge in [-0.2, -0.15) is 0 Å². The molecule has 0 aromatic carbocycles. The first-order chi connectivity index (χ1) is 6.75. The predicted octanol–water partition coefficient (Wildman–Crippen LogP) is 1.88. The number of nitrogens with zero attached hydrogens (tertiary/aromatic N) is 2. The van der Waals surface area contributed by atoms with E-state index in [9.17, 15) is 0 Å². The molecule has 70 valence electrons. The van der Waals surface area contributed by atoms with Gasteiger partial charge in [-0.3, -0.25) is 4.98 Å². The molecule has 2 aromatic rings. The lowest BCUT2D eigenvalue weighted by Gasteiger charge is -2.00. The molecule has 2 rings (SSSR count). The van der Waals surface area contributed by atoms with Crippen LogP contribution in [0.3, 0.4) is 0 Å². The lowest BCUT2D eigenvalue weighted by atomic mass is 10.1. The SMILES string of the molecule is Cc1cc(-c2cc[n+](C)cc2)ccn1. The Bertz CT molecular complexity index is 432. The van der Waals surface area contributed by atoms with Crippen molar-refractivity contribution in [3.63, 3.8) is 0 Å². The molecular formula is C12H13N2+. The van der Waals surface area contributed by atoms with Gasteiger partial charge in [0.15, 0.2) is 12.4 Å². The third kappa shape index (κ3) is 1.79. The molecule has 0 saturated heterocycles. The molecule has 0 aliphatic heterocycles. The second kappa shape index (κ2) is 3.58. The highest BCUT2D eigenvalue weighted by atomic mass is 14.9. The maximum absolute atomic E-state index is 4.18. The molecule has 0 N–H and O–H groups in total. The molecule has 0 aliphatic carbocycles. The van der Waals surface area contributed by atoms with E-state index in [1.165, 1.54) is 11.1 Å². The van der Waals surface area contributed by atoms with Crippen molar-refractivity contribution >= 4 is 0 Å². The summed E-state index contributed by atoms with van der Waals surface area (Å²) in [7, 11) is 2.02. The smallest absolute Gasteiger partial charge is 0.169 e. The van der Waals surface area contributed by atoms with E-state index in [-0.39, 0.29) is 0 Å². The number of hydrogen-bond donors (Lipinski definition) is 0. The summed E-state index contributed by atoms with van der Waals surface area (Å²) < 4.78 is 2.03. The minimum atomic E-state index is 1.05. The molecule has 2 nitrogen and oxygen atoms in total. The van der Waals surface area contributed by atoms with Gasteiger partial charge in [-0.05, 0) is 30.2 Å². The summed E-state index contributed by atoms with van der Waals surface area (Å²) in [6.45, 7) is 2.01. The topological polar surface area (TPSA) is 16.8 Å². The molecule has 2 heterocycles. The summed E-state index contributed by atoms with van der Waals surface area (Å²) in [4.78, 5) is 4.18. The minimum Gasteiger partial charge on any atom is -0.262 e. The van der Waals surface area contributed by atoms with Crippen molar-refractivity contribution in [2.24, 2.45) is 7.05 Å². The zero-order valence-electron chi connectivity index (χ0n) is 8.44. The normalized spacial score (nSPS) is 10.1. The van der Waals surface area contributed by atoms with Gasteiger partial charge in [0.2, 0.25) is 0 Å². The van der Waals surface area contributed by atoms with Gasteiger partial charge in [-0.25, -0.2) is 4.57 Å². The number of aromatic nitrogens is 2. The summed E-state index contributed by atoms with van der Waals surface area (Å²) >= 11 is 0. The first-order valence-electron chi connectivity index (χ1n) is 4.64. The lowest BCUT2D eigenvalue weighted by molar-refractivity contribution is -0.671. The van der Waals surface area contributed by atoms with Gasteiger partial charge in [-0.15, -0.1) is 0 Å². The Balaban J connectivity index is 2.44. The number of hydrogen-bond acceptors (Lipinski definition) is 1. The standard InChI is InChI=1S/C12H13N2/c1-10-9-12(3-6-13-10)11-4-7-14(2)8-5-11/h3-9H,1-2H3/q+1.